The number of sulfonamides is 1. The molecule has 4 aliphatic rings. The molecule has 0 radical (unpaired) electrons. The predicted molar refractivity (Wildman–Crippen MR) is 147 cm³/mol. The van der Waals surface area contributed by atoms with Gasteiger partial charge in [-0.3, -0.25) is 4.79 Å². The smallest absolute Gasteiger partial charge is 0.220 e. The molecule has 0 saturated heterocycles. The number of nitrogens with zero attached hydrogens (tertiary/aromatic N) is 1. The lowest BCUT2D eigenvalue weighted by atomic mass is 9.41. The highest BCUT2D eigenvalue weighted by atomic mass is 32.2. The highest BCUT2D eigenvalue weighted by molar-refractivity contribution is 7.89. The molecule has 2 N–H and O–H groups in total. The molecule has 4 rings (SSSR count). The van der Waals surface area contributed by atoms with Crippen molar-refractivity contribution in [2.24, 2.45) is 52.3 Å². The monoisotopic (exact) mass is 541 g/mol. The molecule has 0 aromatic rings. The van der Waals surface area contributed by atoms with Gasteiger partial charge in [-0.1, -0.05) is 40.5 Å². The first-order valence-electron chi connectivity index (χ1n) is 15.8. The van der Waals surface area contributed by atoms with Gasteiger partial charge in [0.05, 0.1) is 13.6 Å². The van der Waals surface area contributed by atoms with Crippen LogP contribution >= 0.6 is 0 Å². The topological polar surface area (TPSA) is 94.9 Å². The van der Waals surface area contributed by atoms with Gasteiger partial charge in [0.15, 0.2) is 0 Å². The van der Waals surface area contributed by atoms with Gasteiger partial charge in [-0.15, -0.1) is 0 Å². The van der Waals surface area contributed by atoms with Crippen molar-refractivity contribution >= 4 is 15.8 Å². The Hall–Kier alpha value is -0.500. The largest absolute Gasteiger partial charge is 0.393 e. The second-order valence-electron chi connectivity index (χ2n) is 13.7. The Bertz CT molecular complexity index is 1020. The van der Waals surface area contributed by atoms with Gasteiger partial charge in [0.2, 0.25) is 10.0 Å². The number of aliphatic hydroxyl groups is 2. The standard InChI is InChI=1S/C30H53NO5S/c1-7-22-26-17-20(32)13-15-30(26,4)25-14-16-29(3)23(11-12-24(29)27(25)28(22)34)19(2)9-8-10-21(33)18-37(35,36)31(5)6/h19-20,22-28,32,34H,7-18H2,1-6H3/t19-,20-,22-,23-,24?,25?,26+,27?,28-,29-,30-/m1/s1/i7D,28D/t7?,19-,20-,22-,23-,24?,25?,26+,27?,28-,29-,30-. The summed E-state index contributed by atoms with van der Waals surface area (Å²) >= 11 is 0. The Balaban J connectivity index is 1.50. The van der Waals surface area contributed by atoms with E-state index >= 15 is 0 Å². The van der Waals surface area contributed by atoms with E-state index in [-0.39, 0.29) is 46.7 Å². The first kappa shape index (κ1) is 26.7. The van der Waals surface area contributed by atoms with Gasteiger partial charge >= 0.3 is 0 Å². The summed E-state index contributed by atoms with van der Waals surface area (Å²) in [6.45, 7) is 8.77. The lowest BCUT2D eigenvalue weighted by Crippen LogP contribution is -2.62. The molecule has 0 bridgehead atoms. The molecule has 4 aliphatic carbocycles. The van der Waals surface area contributed by atoms with Crippen molar-refractivity contribution in [3.8, 4) is 0 Å². The number of fused-ring (bicyclic) bond motifs is 5. The fourth-order valence-electron chi connectivity index (χ4n) is 9.69. The minimum atomic E-state index is -3.52. The number of hydrogen-bond acceptors (Lipinski definition) is 5. The number of carbonyl (C=O) groups is 1. The molecule has 0 aromatic carbocycles. The third kappa shape index (κ3) is 5.20. The van der Waals surface area contributed by atoms with Crippen LogP contribution < -0.4 is 0 Å². The van der Waals surface area contributed by atoms with E-state index in [1.807, 2.05) is 6.92 Å². The van der Waals surface area contributed by atoms with Gasteiger partial charge in [-0.2, -0.15) is 0 Å². The summed E-state index contributed by atoms with van der Waals surface area (Å²) in [7, 11) is -0.624. The molecule has 4 fully saturated rings. The molecule has 0 aromatic heterocycles. The fourth-order valence-corrected chi connectivity index (χ4v) is 10.5. The summed E-state index contributed by atoms with van der Waals surface area (Å²) < 4.78 is 43.4. The minimum Gasteiger partial charge on any atom is -0.393 e. The van der Waals surface area contributed by atoms with Crippen molar-refractivity contribution in [3.63, 3.8) is 0 Å². The van der Waals surface area contributed by atoms with Crippen LogP contribution in [0, 0.1) is 52.3 Å². The number of carbonyl (C=O) groups excluding carboxylic acids is 1. The van der Waals surface area contributed by atoms with Crippen molar-refractivity contribution in [2.45, 2.75) is 110 Å². The van der Waals surface area contributed by atoms with Crippen LogP contribution in [0.5, 0.6) is 0 Å². The molecule has 0 amide bonds. The Kier molecular flexibility index (Phi) is 7.81. The van der Waals surface area contributed by atoms with Gasteiger partial charge < -0.3 is 10.2 Å². The van der Waals surface area contributed by atoms with Crippen LogP contribution in [0.3, 0.4) is 0 Å². The van der Waals surface area contributed by atoms with E-state index in [0.717, 1.165) is 49.3 Å². The Morgan fingerprint density at radius 1 is 1.08 bits per heavy atom. The second-order valence-corrected chi connectivity index (χ2v) is 15.9. The zero-order valence-corrected chi connectivity index (χ0v) is 24.8. The van der Waals surface area contributed by atoms with Crippen LogP contribution in [0.25, 0.3) is 0 Å². The van der Waals surface area contributed by atoms with Crippen LogP contribution in [-0.2, 0) is 14.8 Å². The van der Waals surface area contributed by atoms with Crippen LogP contribution in [0.2, 0.25) is 0 Å². The van der Waals surface area contributed by atoms with Crippen LogP contribution in [0.1, 0.15) is 101 Å². The average Bonchev–Trinajstić information content (AvgIpc) is 3.16. The third-order valence-electron chi connectivity index (χ3n) is 11.8. The molecule has 4 unspecified atom stereocenters. The van der Waals surface area contributed by atoms with E-state index in [9.17, 15) is 24.8 Å². The van der Waals surface area contributed by atoms with E-state index < -0.39 is 40.3 Å². The third-order valence-corrected chi connectivity index (χ3v) is 13.6. The van der Waals surface area contributed by atoms with Crippen LogP contribution in [0.15, 0.2) is 0 Å². The van der Waals surface area contributed by atoms with Gasteiger partial charge in [-0.25, -0.2) is 12.7 Å². The Morgan fingerprint density at radius 3 is 2.38 bits per heavy atom. The molecule has 0 heterocycles. The van der Waals surface area contributed by atoms with E-state index in [1.54, 1.807) is 0 Å². The summed E-state index contributed by atoms with van der Waals surface area (Å²) in [6.07, 6.45) is 5.49. The van der Waals surface area contributed by atoms with Crippen molar-refractivity contribution in [1.29, 1.82) is 0 Å². The summed E-state index contributed by atoms with van der Waals surface area (Å²) in [5.41, 5.74) is -0.0590. The summed E-state index contributed by atoms with van der Waals surface area (Å²) in [5.74, 6) is -0.0462. The van der Waals surface area contributed by atoms with E-state index in [1.165, 1.54) is 14.1 Å². The maximum absolute atomic E-state index is 12.4. The summed E-state index contributed by atoms with van der Waals surface area (Å²) in [4.78, 5) is 12.4. The molecule has 6 nitrogen and oxygen atoms in total. The Morgan fingerprint density at radius 2 is 1.73 bits per heavy atom. The van der Waals surface area contributed by atoms with Crippen molar-refractivity contribution < 1.29 is 26.2 Å². The predicted octanol–water partition coefficient (Wildman–Crippen LogP) is 4.88. The first-order valence-corrected chi connectivity index (χ1v) is 16.3. The zero-order valence-electron chi connectivity index (χ0n) is 25.9. The van der Waals surface area contributed by atoms with Crippen molar-refractivity contribution in [3.05, 3.63) is 0 Å². The summed E-state index contributed by atoms with van der Waals surface area (Å²) in [5, 5.41) is 22.6. The molecule has 37 heavy (non-hydrogen) atoms. The van der Waals surface area contributed by atoms with Crippen LogP contribution in [0.4, 0.5) is 0 Å². The lowest BCUT2D eigenvalue weighted by Gasteiger charge is -2.64. The highest BCUT2D eigenvalue weighted by Gasteiger charge is 2.64. The van der Waals surface area contributed by atoms with Crippen LogP contribution in [-0.4, -0.2) is 60.8 Å². The number of hydrogen-bond donors (Lipinski definition) is 2. The van der Waals surface area contributed by atoms with Gasteiger partial charge in [-0.05, 0) is 104 Å². The molecular formula is C30H53NO5S. The SMILES string of the molecule is [2H]C(C)[C@@H]1[C@@H]2C[C@H](O)CC[C@]2(C)C2CC[C@@]3(C)C(CC[C@@H]3[C@H](C)CCCC(=O)CS(=O)(=O)N(C)C)C2[C@]1([2H])O. The Labute approximate surface area is 228 Å². The minimum absolute atomic E-state index is 0.00107. The number of rotatable bonds is 9. The molecule has 12 atom stereocenters. The zero-order chi connectivity index (χ0) is 29.1. The molecule has 7 heteroatoms. The number of Topliss-reactive ketones (excluding diaryl/α,β-unsaturated/α-hetero) is 1. The van der Waals surface area contributed by atoms with Gasteiger partial charge in [0.1, 0.15) is 11.5 Å². The van der Waals surface area contributed by atoms with Gasteiger partial charge in [0.25, 0.3) is 0 Å². The molecular weight excluding hydrogens is 486 g/mol. The van der Waals surface area contributed by atoms with Crippen molar-refractivity contribution in [2.75, 3.05) is 19.8 Å². The van der Waals surface area contributed by atoms with E-state index in [2.05, 4.69) is 20.8 Å². The summed E-state index contributed by atoms with van der Waals surface area (Å²) in [6, 6.07) is 0. The number of aliphatic hydroxyl groups excluding tert-OH is 1. The van der Waals surface area contributed by atoms with E-state index in [4.69, 9.17) is 1.37 Å². The van der Waals surface area contributed by atoms with E-state index in [0.29, 0.717) is 24.7 Å². The fraction of sp³-hybridized carbons (Fsp3) is 0.967. The van der Waals surface area contributed by atoms with Crippen molar-refractivity contribution in [1.82, 2.24) is 4.31 Å². The molecule has 0 aliphatic heterocycles. The highest BCUT2D eigenvalue weighted by Crippen LogP contribution is 2.69. The van der Waals surface area contributed by atoms with Gasteiger partial charge in [0, 0.05) is 21.9 Å². The maximum atomic E-state index is 12.4. The number of ketones is 1. The maximum Gasteiger partial charge on any atom is 0.220 e. The quantitative estimate of drug-likeness (QED) is 0.434. The first-order chi connectivity index (χ1) is 18.0. The molecule has 4 saturated carbocycles. The normalized spacial score (nSPS) is 48.3. The average molecular weight is 542 g/mol. The molecule has 214 valence electrons. The lowest BCUT2D eigenvalue weighted by molar-refractivity contribution is -0.203. The molecule has 0 spiro atoms. The second kappa shape index (κ2) is 10.8.